The summed E-state index contributed by atoms with van der Waals surface area (Å²) in [5.74, 6) is -2.05. The van der Waals surface area contributed by atoms with Crippen LogP contribution < -0.4 is 14.2 Å². The Kier molecular flexibility index (Phi) is 5.18. The van der Waals surface area contributed by atoms with E-state index in [4.69, 9.17) is 19.5 Å². The van der Waals surface area contributed by atoms with E-state index in [1.807, 2.05) is 6.07 Å². The molecule has 0 saturated carbocycles. The molecule has 0 fully saturated rings. The van der Waals surface area contributed by atoms with Crippen molar-refractivity contribution in [2.45, 2.75) is 6.92 Å². The van der Waals surface area contributed by atoms with E-state index in [9.17, 15) is 8.78 Å². The van der Waals surface area contributed by atoms with Gasteiger partial charge in [-0.05, 0) is 37.3 Å². The first kappa shape index (κ1) is 18.1. The third-order valence-electron chi connectivity index (χ3n) is 3.69. The van der Waals surface area contributed by atoms with Crippen LogP contribution in [0.4, 0.5) is 8.78 Å². The Balaban J connectivity index is 2.00. The molecule has 1 aromatic heterocycles. The summed E-state index contributed by atoms with van der Waals surface area (Å²) in [5, 5.41) is 8.94. The van der Waals surface area contributed by atoms with Gasteiger partial charge in [0.25, 0.3) is 11.8 Å². The Labute approximate surface area is 154 Å². The minimum atomic E-state index is -0.956. The minimum absolute atomic E-state index is 0.190. The summed E-state index contributed by atoms with van der Waals surface area (Å²) in [6.45, 7) is 1.25. The molecule has 136 valence electrons. The van der Waals surface area contributed by atoms with Crippen molar-refractivity contribution in [1.29, 1.82) is 5.26 Å². The third kappa shape index (κ3) is 3.80. The maximum atomic E-state index is 14.5. The molecular weight excluding hydrogens is 354 g/mol. The van der Waals surface area contributed by atoms with Gasteiger partial charge in [-0.25, -0.2) is 8.78 Å². The molecule has 0 unspecified atom stereocenters. The maximum Gasteiger partial charge on any atom is 0.259 e. The van der Waals surface area contributed by atoms with Crippen LogP contribution in [0.1, 0.15) is 11.1 Å². The van der Waals surface area contributed by atoms with Gasteiger partial charge >= 0.3 is 0 Å². The zero-order chi connectivity index (χ0) is 19.4. The number of hydrogen-bond donors (Lipinski definition) is 0. The number of ether oxygens (including phenoxy) is 3. The zero-order valence-electron chi connectivity index (χ0n) is 14.5. The summed E-state index contributed by atoms with van der Waals surface area (Å²) < 4.78 is 44.9. The number of rotatable bonds is 5. The largest absolute Gasteiger partial charge is 0.493 e. The van der Waals surface area contributed by atoms with Gasteiger partial charge in [0.1, 0.15) is 5.75 Å². The zero-order valence-corrected chi connectivity index (χ0v) is 14.5. The van der Waals surface area contributed by atoms with Gasteiger partial charge in [0.15, 0.2) is 23.1 Å². The quantitative estimate of drug-likeness (QED) is 0.624. The molecule has 5 nitrogen and oxygen atoms in total. The molecule has 3 aromatic rings. The smallest absolute Gasteiger partial charge is 0.259 e. The van der Waals surface area contributed by atoms with E-state index in [0.29, 0.717) is 11.3 Å². The molecule has 0 aliphatic heterocycles. The lowest BCUT2D eigenvalue weighted by Crippen LogP contribution is -2.03. The molecule has 0 atom stereocenters. The first-order chi connectivity index (χ1) is 13.0. The Bertz CT molecular complexity index is 1030. The number of methoxy groups -OCH3 is 1. The number of pyridine rings is 1. The van der Waals surface area contributed by atoms with E-state index >= 15 is 0 Å². The number of nitriles is 1. The molecule has 0 saturated heterocycles. The fourth-order valence-corrected chi connectivity index (χ4v) is 2.29. The standard InChI is InChI=1S/C20H14F2N2O3/c1-12-17(21)19(26-14-7-5-6-13(10-14)11-23)24-20(18(12)22)27-16-9-4-3-8-15(16)25-2/h3-10H,1-2H3. The SMILES string of the molecule is COc1ccccc1Oc1nc(Oc2cccc(C#N)c2)c(F)c(C)c1F. The highest BCUT2D eigenvalue weighted by atomic mass is 19.1. The van der Waals surface area contributed by atoms with E-state index in [0.717, 1.165) is 0 Å². The number of para-hydroxylation sites is 2. The molecule has 0 spiro atoms. The van der Waals surface area contributed by atoms with Crippen molar-refractivity contribution in [2.24, 2.45) is 0 Å². The topological polar surface area (TPSA) is 64.4 Å². The van der Waals surface area contributed by atoms with E-state index < -0.39 is 23.4 Å². The lowest BCUT2D eigenvalue weighted by molar-refractivity contribution is 0.349. The van der Waals surface area contributed by atoms with E-state index in [1.165, 1.54) is 26.2 Å². The van der Waals surface area contributed by atoms with Gasteiger partial charge in [-0.2, -0.15) is 10.2 Å². The normalized spacial score (nSPS) is 10.2. The number of benzene rings is 2. The Morgan fingerprint density at radius 2 is 1.59 bits per heavy atom. The Morgan fingerprint density at radius 1 is 0.926 bits per heavy atom. The number of aromatic nitrogens is 1. The lowest BCUT2D eigenvalue weighted by atomic mass is 10.2. The molecule has 0 aliphatic carbocycles. The van der Waals surface area contributed by atoms with Crippen LogP contribution in [0.25, 0.3) is 0 Å². The fourth-order valence-electron chi connectivity index (χ4n) is 2.29. The molecule has 0 amide bonds. The maximum absolute atomic E-state index is 14.5. The van der Waals surface area contributed by atoms with Crippen LogP contribution >= 0.6 is 0 Å². The Hall–Kier alpha value is -3.66. The average Bonchev–Trinajstić information content (AvgIpc) is 2.70. The van der Waals surface area contributed by atoms with Crippen LogP contribution in [0.15, 0.2) is 48.5 Å². The van der Waals surface area contributed by atoms with Crippen molar-refractivity contribution < 1.29 is 23.0 Å². The molecule has 7 heteroatoms. The molecule has 0 bridgehead atoms. The van der Waals surface area contributed by atoms with Crippen LogP contribution in [0, 0.1) is 29.9 Å². The van der Waals surface area contributed by atoms with Crippen molar-refractivity contribution >= 4 is 0 Å². The average molecular weight is 368 g/mol. The van der Waals surface area contributed by atoms with Crippen molar-refractivity contribution in [3.8, 4) is 35.1 Å². The number of nitrogens with zero attached hydrogens (tertiary/aromatic N) is 2. The lowest BCUT2D eigenvalue weighted by Gasteiger charge is -2.13. The van der Waals surface area contributed by atoms with E-state index in [2.05, 4.69) is 4.98 Å². The van der Waals surface area contributed by atoms with Gasteiger partial charge in [0.2, 0.25) is 0 Å². The van der Waals surface area contributed by atoms with Gasteiger partial charge < -0.3 is 14.2 Å². The molecule has 2 aromatic carbocycles. The molecule has 0 aliphatic rings. The van der Waals surface area contributed by atoms with Gasteiger partial charge in [-0.15, -0.1) is 0 Å². The summed E-state index contributed by atoms with van der Waals surface area (Å²) >= 11 is 0. The van der Waals surface area contributed by atoms with Crippen molar-refractivity contribution in [3.05, 3.63) is 71.3 Å². The summed E-state index contributed by atoms with van der Waals surface area (Å²) in [6, 6.07) is 14.6. The molecule has 0 N–H and O–H groups in total. The summed E-state index contributed by atoms with van der Waals surface area (Å²) in [6.07, 6.45) is 0. The first-order valence-corrected chi connectivity index (χ1v) is 7.88. The Morgan fingerprint density at radius 3 is 2.26 bits per heavy atom. The summed E-state index contributed by atoms with van der Waals surface area (Å²) in [5.41, 5.74) is 0.0265. The van der Waals surface area contributed by atoms with Crippen molar-refractivity contribution in [1.82, 2.24) is 4.98 Å². The molecular formula is C20H14F2N2O3. The fraction of sp³-hybridized carbons (Fsp3) is 0.100. The predicted molar refractivity (Wildman–Crippen MR) is 93.2 cm³/mol. The summed E-state index contributed by atoms with van der Waals surface area (Å²) in [7, 11) is 1.44. The van der Waals surface area contributed by atoms with Gasteiger partial charge in [-0.1, -0.05) is 18.2 Å². The molecule has 3 rings (SSSR count). The van der Waals surface area contributed by atoms with Crippen LogP contribution in [-0.2, 0) is 0 Å². The van der Waals surface area contributed by atoms with Gasteiger partial charge in [-0.3, -0.25) is 0 Å². The van der Waals surface area contributed by atoms with Gasteiger partial charge in [0.05, 0.1) is 18.7 Å². The van der Waals surface area contributed by atoms with Crippen LogP contribution in [0.2, 0.25) is 0 Å². The summed E-state index contributed by atoms with van der Waals surface area (Å²) in [4.78, 5) is 3.82. The molecule has 27 heavy (non-hydrogen) atoms. The highest BCUT2D eigenvalue weighted by Gasteiger charge is 2.21. The highest BCUT2D eigenvalue weighted by molar-refractivity contribution is 5.44. The highest BCUT2D eigenvalue weighted by Crippen LogP contribution is 2.35. The monoisotopic (exact) mass is 368 g/mol. The second-order valence-corrected chi connectivity index (χ2v) is 5.47. The molecule has 0 radical (unpaired) electrons. The predicted octanol–water partition coefficient (Wildman–Crippen LogP) is 5.13. The second kappa shape index (κ2) is 7.70. The minimum Gasteiger partial charge on any atom is -0.493 e. The van der Waals surface area contributed by atoms with Crippen molar-refractivity contribution in [3.63, 3.8) is 0 Å². The van der Waals surface area contributed by atoms with Gasteiger partial charge in [0, 0.05) is 5.56 Å². The number of hydrogen-bond acceptors (Lipinski definition) is 5. The van der Waals surface area contributed by atoms with Crippen LogP contribution in [0.3, 0.4) is 0 Å². The van der Waals surface area contributed by atoms with Crippen LogP contribution in [-0.4, -0.2) is 12.1 Å². The van der Waals surface area contributed by atoms with E-state index in [1.54, 1.807) is 36.4 Å². The number of halogens is 2. The first-order valence-electron chi connectivity index (χ1n) is 7.88. The van der Waals surface area contributed by atoms with Crippen molar-refractivity contribution in [2.75, 3.05) is 7.11 Å². The van der Waals surface area contributed by atoms with E-state index in [-0.39, 0.29) is 17.1 Å². The third-order valence-corrected chi connectivity index (χ3v) is 3.69. The van der Waals surface area contributed by atoms with Crippen LogP contribution in [0.5, 0.6) is 29.0 Å². The molecule has 1 heterocycles. The second-order valence-electron chi connectivity index (χ2n) is 5.47.